The maximum Gasteiger partial charge on any atom is 0.221 e. The molecule has 0 unspecified atom stereocenters. The lowest BCUT2D eigenvalue weighted by atomic mass is 10.2. The van der Waals surface area contributed by atoms with Gasteiger partial charge in [0.15, 0.2) is 5.75 Å². The van der Waals surface area contributed by atoms with Gasteiger partial charge in [0.1, 0.15) is 11.5 Å². The number of nitrogens with one attached hydrogen (secondary N) is 1. The molecule has 20 heavy (non-hydrogen) atoms. The van der Waals surface area contributed by atoms with Crippen LogP contribution in [0.2, 0.25) is 0 Å². The molecular formula is C15H16N2O3. The highest BCUT2D eigenvalue weighted by atomic mass is 16.5. The van der Waals surface area contributed by atoms with Crippen LogP contribution < -0.4 is 20.5 Å². The van der Waals surface area contributed by atoms with Gasteiger partial charge in [-0.1, -0.05) is 12.1 Å². The highest BCUT2D eigenvalue weighted by Gasteiger charge is 2.07. The highest BCUT2D eigenvalue weighted by molar-refractivity contribution is 5.91. The van der Waals surface area contributed by atoms with Crippen LogP contribution >= 0.6 is 0 Å². The van der Waals surface area contributed by atoms with Crippen molar-refractivity contribution in [1.29, 1.82) is 0 Å². The Morgan fingerprint density at radius 1 is 1.20 bits per heavy atom. The number of ether oxygens (including phenoxy) is 2. The zero-order valence-electron chi connectivity index (χ0n) is 11.3. The van der Waals surface area contributed by atoms with Crippen molar-refractivity contribution in [2.24, 2.45) is 0 Å². The van der Waals surface area contributed by atoms with Gasteiger partial charge in [-0.2, -0.15) is 0 Å². The van der Waals surface area contributed by atoms with Crippen LogP contribution in [-0.2, 0) is 4.79 Å². The fourth-order valence-electron chi connectivity index (χ4n) is 1.75. The molecule has 4 rings (SSSR count). The summed E-state index contributed by atoms with van der Waals surface area (Å²) in [5, 5.41) is 2.62. The molecule has 0 aromatic heterocycles. The fraction of sp³-hybridized carbons (Fsp3) is 0.133. The monoisotopic (exact) mass is 272 g/mol. The number of carbonyl (C=O) groups is 1. The van der Waals surface area contributed by atoms with Gasteiger partial charge in [-0.25, -0.2) is 0 Å². The van der Waals surface area contributed by atoms with E-state index >= 15 is 0 Å². The van der Waals surface area contributed by atoms with E-state index in [-0.39, 0.29) is 5.91 Å². The molecule has 2 bridgehead atoms. The number of rotatable bonds is 2. The van der Waals surface area contributed by atoms with E-state index in [1.165, 1.54) is 14.0 Å². The molecule has 0 aliphatic carbocycles. The zero-order chi connectivity index (χ0) is 14.5. The Morgan fingerprint density at radius 2 is 1.80 bits per heavy atom. The average molecular weight is 272 g/mol. The summed E-state index contributed by atoms with van der Waals surface area (Å²) in [6.07, 6.45) is 0. The number of nitrogen functional groups attached to an aromatic ring is 1. The molecule has 5 heteroatoms. The molecule has 2 aromatic rings. The number of methoxy groups -OCH3 is 1. The molecule has 0 spiro atoms. The van der Waals surface area contributed by atoms with E-state index < -0.39 is 0 Å². The quantitative estimate of drug-likeness (QED) is 0.703. The van der Waals surface area contributed by atoms with Crippen molar-refractivity contribution in [3.8, 4) is 17.2 Å². The van der Waals surface area contributed by atoms with E-state index in [1.54, 1.807) is 18.2 Å². The first kappa shape index (κ1) is 13.7. The maximum absolute atomic E-state index is 10.8. The van der Waals surface area contributed by atoms with Crippen LogP contribution in [0.15, 0.2) is 42.5 Å². The smallest absolute Gasteiger partial charge is 0.221 e. The van der Waals surface area contributed by atoms with Crippen molar-refractivity contribution in [3.05, 3.63) is 42.5 Å². The second-order valence-electron chi connectivity index (χ2n) is 4.19. The molecule has 2 aromatic carbocycles. The zero-order valence-corrected chi connectivity index (χ0v) is 11.3. The Bertz CT molecular complexity index is 602. The van der Waals surface area contributed by atoms with Crippen molar-refractivity contribution in [2.45, 2.75) is 6.92 Å². The number of para-hydroxylation sites is 1. The van der Waals surface area contributed by atoms with Crippen molar-refractivity contribution in [3.63, 3.8) is 0 Å². The van der Waals surface area contributed by atoms with Crippen LogP contribution in [0.1, 0.15) is 6.92 Å². The number of benzene rings is 2. The number of hydrogen-bond acceptors (Lipinski definition) is 4. The van der Waals surface area contributed by atoms with Crippen LogP contribution in [0.5, 0.6) is 17.2 Å². The molecule has 0 fully saturated rings. The summed E-state index contributed by atoms with van der Waals surface area (Å²) in [4.78, 5) is 10.8. The van der Waals surface area contributed by atoms with Gasteiger partial charge in [-0.15, -0.1) is 0 Å². The molecule has 0 radical (unpaired) electrons. The predicted molar refractivity (Wildman–Crippen MR) is 78.2 cm³/mol. The first-order valence-corrected chi connectivity index (χ1v) is 6.08. The summed E-state index contributed by atoms with van der Waals surface area (Å²) >= 11 is 0. The third-order valence-electron chi connectivity index (χ3n) is 2.60. The second-order valence-corrected chi connectivity index (χ2v) is 4.19. The lowest BCUT2D eigenvalue weighted by molar-refractivity contribution is -0.114. The molecule has 0 atom stereocenters. The number of hydrogen-bond donors (Lipinski definition) is 2. The SMILES string of the molecule is COc1c(N)cccc1NC(C)=O.c1cc2cc(c1)O2. The van der Waals surface area contributed by atoms with Crippen molar-refractivity contribution < 1.29 is 14.3 Å². The van der Waals surface area contributed by atoms with E-state index in [4.69, 9.17) is 15.2 Å². The molecule has 0 saturated carbocycles. The summed E-state index contributed by atoms with van der Waals surface area (Å²) in [6.45, 7) is 1.43. The van der Waals surface area contributed by atoms with E-state index in [2.05, 4.69) is 5.32 Å². The summed E-state index contributed by atoms with van der Waals surface area (Å²) in [5.74, 6) is 2.32. The average Bonchev–Trinajstić information content (AvgIpc) is 2.39. The van der Waals surface area contributed by atoms with Gasteiger partial charge in [0.05, 0.1) is 18.5 Å². The summed E-state index contributed by atoms with van der Waals surface area (Å²) in [6, 6.07) is 13.1. The first-order chi connectivity index (χ1) is 9.60. The number of carbonyl (C=O) groups excluding carboxylic acids is 1. The largest absolute Gasteiger partial charge is 0.492 e. The molecule has 104 valence electrons. The Balaban J connectivity index is 0.000000173. The van der Waals surface area contributed by atoms with Gasteiger partial charge in [-0.05, 0) is 24.3 Å². The van der Waals surface area contributed by atoms with E-state index in [0.29, 0.717) is 17.1 Å². The molecule has 0 saturated heterocycles. The van der Waals surface area contributed by atoms with Gasteiger partial charge in [0.25, 0.3) is 0 Å². The summed E-state index contributed by atoms with van der Waals surface area (Å²) in [7, 11) is 1.51. The number of nitrogens with two attached hydrogens (primary N) is 1. The van der Waals surface area contributed by atoms with Gasteiger partial charge in [-0.3, -0.25) is 4.79 Å². The number of amides is 1. The van der Waals surface area contributed by atoms with Crippen LogP contribution in [0.4, 0.5) is 11.4 Å². The molecule has 3 N–H and O–H groups in total. The Kier molecular flexibility index (Phi) is 4.10. The van der Waals surface area contributed by atoms with Crippen LogP contribution in [0.25, 0.3) is 0 Å². The number of anilines is 2. The minimum Gasteiger partial charge on any atom is -0.492 e. The van der Waals surface area contributed by atoms with E-state index in [1.807, 2.05) is 24.3 Å². The van der Waals surface area contributed by atoms with Gasteiger partial charge >= 0.3 is 0 Å². The second kappa shape index (κ2) is 5.97. The Morgan fingerprint density at radius 3 is 2.20 bits per heavy atom. The standard InChI is InChI=1S/C9H12N2O2.C6H4O/c1-6(12)11-8-5-3-4-7(10)9(8)13-2;1-2-5-4-6(3-1)7-5/h3-5H,10H2,1-2H3,(H,11,12);1-4H. The van der Waals surface area contributed by atoms with Crippen molar-refractivity contribution in [1.82, 2.24) is 0 Å². The minimum atomic E-state index is -0.149. The Hall–Kier alpha value is -2.69. The molecule has 2 aliphatic rings. The van der Waals surface area contributed by atoms with Crippen molar-refractivity contribution in [2.75, 3.05) is 18.2 Å². The van der Waals surface area contributed by atoms with Crippen LogP contribution in [0.3, 0.4) is 0 Å². The molecule has 1 amide bonds. The van der Waals surface area contributed by atoms with Gasteiger partial charge in [0, 0.05) is 13.0 Å². The third kappa shape index (κ3) is 3.20. The van der Waals surface area contributed by atoms with Gasteiger partial charge < -0.3 is 20.5 Å². The number of fused-ring (bicyclic) bond motifs is 2. The third-order valence-corrected chi connectivity index (χ3v) is 2.60. The lowest BCUT2D eigenvalue weighted by Gasteiger charge is -2.13. The highest BCUT2D eigenvalue weighted by Crippen LogP contribution is 2.33. The topological polar surface area (TPSA) is 73.6 Å². The van der Waals surface area contributed by atoms with Crippen molar-refractivity contribution >= 4 is 17.3 Å². The summed E-state index contributed by atoms with van der Waals surface area (Å²) < 4.78 is 10.0. The predicted octanol–water partition coefficient (Wildman–Crippen LogP) is 3.03. The molecule has 5 nitrogen and oxygen atoms in total. The van der Waals surface area contributed by atoms with Crippen LogP contribution in [0, 0.1) is 0 Å². The minimum absolute atomic E-state index is 0.149. The van der Waals surface area contributed by atoms with E-state index in [0.717, 1.165) is 11.5 Å². The van der Waals surface area contributed by atoms with Crippen LogP contribution in [-0.4, -0.2) is 13.0 Å². The normalized spacial score (nSPS) is 10.3. The molecular weight excluding hydrogens is 256 g/mol. The first-order valence-electron chi connectivity index (χ1n) is 6.08. The molecule has 2 aliphatic heterocycles. The maximum atomic E-state index is 10.8. The van der Waals surface area contributed by atoms with E-state index in [9.17, 15) is 4.79 Å². The Labute approximate surface area is 117 Å². The fourth-order valence-corrected chi connectivity index (χ4v) is 1.75. The van der Waals surface area contributed by atoms with Gasteiger partial charge in [0.2, 0.25) is 5.91 Å². The summed E-state index contributed by atoms with van der Waals surface area (Å²) in [5.41, 5.74) is 6.73. The lowest BCUT2D eigenvalue weighted by Crippen LogP contribution is -2.07. The molecule has 2 heterocycles.